The van der Waals surface area contributed by atoms with Crippen molar-refractivity contribution in [2.75, 3.05) is 18.1 Å². The van der Waals surface area contributed by atoms with Gasteiger partial charge in [0.2, 0.25) is 11.8 Å². The minimum atomic E-state index is -0.248. The van der Waals surface area contributed by atoms with Gasteiger partial charge in [0.1, 0.15) is 0 Å². The first kappa shape index (κ1) is 17.0. The van der Waals surface area contributed by atoms with Crippen molar-refractivity contribution in [3.05, 3.63) is 42.0 Å². The van der Waals surface area contributed by atoms with E-state index in [-0.39, 0.29) is 35.7 Å². The summed E-state index contributed by atoms with van der Waals surface area (Å²) in [7, 11) is 0. The summed E-state index contributed by atoms with van der Waals surface area (Å²) in [5.41, 5.74) is 1.04. The first-order valence-electron chi connectivity index (χ1n) is 9.18. The fourth-order valence-electron chi connectivity index (χ4n) is 3.93. The van der Waals surface area contributed by atoms with Crippen LogP contribution in [0.5, 0.6) is 0 Å². The Morgan fingerprint density at radius 3 is 2.31 bits per heavy atom. The fraction of sp³-hybridized carbons (Fsp3) is 0.450. The second-order valence-corrected chi connectivity index (χ2v) is 7.06. The Bertz CT molecular complexity index is 724. The predicted molar refractivity (Wildman–Crippen MR) is 95.6 cm³/mol. The average Bonchev–Trinajstić information content (AvgIpc) is 3.28. The van der Waals surface area contributed by atoms with Gasteiger partial charge in [-0.1, -0.05) is 12.2 Å². The van der Waals surface area contributed by atoms with Crippen molar-refractivity contribution in [2.24, 2.45) is 11.8 Å². The molecule has 6 nitrogen and oxygen atoms in total. The van der Waals surface area contributed by atoms with Crippen LogP contribution in [0.15, 0.2) is 36.4 Å². The fourth-order valence-corrected chi connectivity index (χ4v) is 3.93. The molecule has 0 radical (unpaired) electrons. The Morgan fingerprint density at radius 1 is 1.08 bits per heavy atom. The van der Waals surface area contributed by atoms with Crippen LogP contribution in [-0.2, 0) is 14.3 Å². The lowest BCUT2D eigenvalue weighted by molar-refractivity contribution is -0.122. The van der Waals surface area contributed by atoms with E-state index in [9.17, 15) is 14.4 Å². The quantitative estimate of drug-likeness (QED) is 0.663. The zero-order valence-electron chi connectivity index (χ0n) is 14.5. The van der Waals surface area contributed by atoms with Crippen molar-refractivity contribution < 1.29 is 19.1 Å². The van der Waals surface area contributed by atoms with Gasteiger partial charge in [0.15, 0.2) is 0 Å². The van der Waals surface area contributed by atoms with Crippen LogP contribution >= 0.6 is 0 Å². The van der Waals surface area contributed by atoms with Crippen LogP contribution in [0.25, 0.3) is 0 Å². The number of imide groups is 1. The molecule has 4 rings (SSSR count). The highest BCUT2D eigenvalue weighted by atomic mass is 16.5. The third-order valence-electron chi connectivity index (χ3n) is 5.41. The molecular weight excluding hydrogens is 332 g/mol. The molecule has 0 unspecified atom stereocenters. The van der Waals surface area contributed by atoms with E-state index in [0.29, 0.717) is 30.6 Å². The van der Waals surface area contributed by atoms with Gasteiger partial charge in [0.25, 0.3) is 5.91 Å². The molecule has 3 atom stereocenters. The van der Waals surface area contributed by atoms with Crippen LogP contribution in [0.4, 0.5) is 5.69 Å². The van der Waals surface area contributed by atoms with E-state index in [1.54, 1.807) is 24.3 Å². The van der Waals surface area contributed by atoms with Crippen LogP contribution in [0.1, 0.15) is 36.0 Å². The molecule has 2 heterocycles. The van der Waals surface area contributed by atoms with Gasteiger partial charge in [0, 0.05) is 18.7 Å². The largest absolute Gasteiger partial charge is 0.376 e. The van der Waals surface area contributed by atoms with Gasteiger partial charge in [-0.05, 0) is 49.9 Å². The summed E-state index contributed by atoms with van der Waals surface area (Å²) in [6.45, 7) is 1.25. The molecule has 2 aliphatic heterocycles. The molecule has 0 bridgehead atoms. The number of allylic oxidation sites excluding steroid dienone is 2. The second-order valence-electron chi connectivity index (χ2n) is 7.06. The lowest BCUT2D eigenvalue weighted by Gasteiger charge is -2.15. The Hall–Kier alpha value is -2.47. The van der Waals surface area contributed by atoms with Crippen molar-refractivity contribution in [2.45, 2.75) is 31.8 Å². The van der Waals surface area contributed by atoms with E-state index >= 15 is 0 Å². The number of hydrogen-bond donors (Lipinski definition) is 1. The summed E-state index contributed by atoms with van der Waals surface area (Å²) in [4.78, 5) is 38.7. The molecule has 1 aromatic rings. The number of benzene rings is 1. The Labute approximate surface area is 152 Å². The minimum absolute atomic E-state index is 0.0926. The number of amides is 3. The van der Waals surface area contributed by atoms with Crippen LogP contribution < -0.4 is 10.2 Å². The number of fused-ring (bicyclic) bond motifs is 1. The van der Waals surface area contributed by atoms with E-state index in [1.165, 1.54) is 4.90 Å². The molecule has 0 spiro atoms. The van der Waals surface area contributed by atoms with Gasteiger partial charge in [-0.2, -0.15) is 0 Å². The molecule has 26 heavy (non-hydrogen) atoms. The van der Waals surface area contributed by atoms with Gasteiger partial charge in [-0.3, -0.25) is 19.3 Å². The highest BCUT2D eigenvalue weighted by Gasteiger charge is 2.47. The van der Waals surface area contributed by atoms with E-state index in [1.807, 2.05) is 12.2 Å². The molecule has 1 aliphatic carbocycles. The van der Waals surface area contributed by atoms with Crippen LogP contribution in [0.3, 0.4) is 0 Å². The number of anilines is 1. The minimum Gasteiger partial charge on any atom is -0.376 e. The molecule has 6 heteroatoms. The number of carbonyl (C=O) groups is 3. The predicted octanol–water partition coefficient (Wildman–Crippen LogP) is 2.05. The molecule has 1 N–H and O–H groups in total. The van der Waals surface area contributed by atoms with Crippen molar-refractivity contribution >= 4 is 23.4 Å². The first-order valence-corrected chi connectivity index (χ1v) is 9.18. The number of nitrogens with one attached hydrogen (secondary N) is 1. The van der Waals surface area contributed by atoms with Gasteiger partial charge in [-0.25, -0.2) is 0 Å². The first-order chi connectivity index (χ1) is 12.6. The van der Waals surface area contributed by atoms with E-state index in [4.69, 9.17) is 4.74 Å². The summed E-state index contributed by atoms with van der Waals surface area (Å²) in [5, 5.41) is 2.87. The molecule has 2 fully saturated rings. The molecule has 3 aliphatic rings. The van der Waals surface area contributed by atoms with Crippen molar-refractivity contribution in [3.8, 4) is 0 Å². The van der Waals surface area contributed by atoms with Crippen LogP contribution in [-0.4, -0.2) is 37.0 Å². The monoisotopic (exact) mass is 354 g/mol. The van der Waals surface area contributed by atoms with Crippen molar-refractivity contribution in [1.29, 1.82) is 0 Å². The molecular formula is C20H22N2O4. The number of carbonyl (C=O) groups excluding carboxylic acids is 3. The van der Waals surface area contributed by atoms with Crippen molar-refractivity contribution in [3.63, 3.8) is 0 Å². The second kappa shape index (κ2) is 7.03. The third-order valence-corrected chi connectivity index (χ3v) is 5.41. The maximum absolute atomic E-state index is 12.6. The van der Waals surface area contributed by atoms with Gasteiger partial charge in [-0.15, -0.1) is 0 Å². The topological polar surface area (TPSA) is 75.7 Å². The van der Waals surface area contributed by atoms with Crippen molar-refractivity contribution in [1.82, 2.24) is 5.32 Å². The molecule has 1 aromatic carbocycles. The van der Waals surface area contributed by atoms with Gasteiger partial charge in [0.05, 0.1) is 23.6 Å². The average molecular weight is 354 g/mol. The molecule has 136 valence electrons. The summed E-state index contributed by atoms with van der Waals surface area (Å²) < 4.78 is 5.49. The normalized spacial score (nSPS) is 27.7. The van der Waals surface area contributed by atoms with Gasteiger partial charge >= 0.3 is 0 Å². The number of nitrogens with zero attached hydrogens (tertiary/aromatic N) is 1. The van der Waals surface area contributed by atoms with Crippen LogP contribution in [0, 0.1) is 11.8 Å². The zero-order valence-corrected chi connectivity index (χ0v) is 14.5. The maximum Gasteiger partial charge on any atom is 0.251 e. The SMILES string of the molecule is O=C(NC[C@H]1CCCO1)c1ccc(N2C(=O)[C@H]3CC=CC[C@@H]3C2=O)cc1. The molecule has 2 saturated heterocycles. The lowest BCUT2D eigenvalue weighted by Crippen LogP contribution is -2.32. The zero-order chi connectivity index (χ0) is 18.1. The third kappa shape index (κ3) is 3.05. The molecule has 0 aromatic heterocycles. The highest BCUT2D eigenvalue weighted by molar-refractivity contribution is 6.22. The highest BCUT2D eigenvalue weighted by Crippen LogP contribution is 2.37. The number of hydrogen-bond acceptors (Lipinski definition) is 4. The van der Waals surface area contributed by atoms with E-state index in [0.717, 1.165) is 19.4 Å². The number of ether oxygens (including phenoxy) is 1. The van der Waals surface area contributed by atoms with E-state index < -0.39 is 0 Å². The van der Waals surface area contributed by atoms with Crippen LogP contribution in [0.2, 0.25) is 0 Å². The standard InChI is InChI=1S/C20H22N2O4/c23-18(21-12-15-4-3-11-26-15)13-7-9-14(10-8-13)22-19(24)16-5-1-2-6-17(16)20(22)25/h1-2,7-10,15-17H,3-6,11-12H2,(H,21,23)/t15-,16+,17+/m1/s1. The maximum atomic E-state index is 12.6. The van der Waals surface area contributed by atoms with E-state index in [2.05, 4.69) is 5.32 Å². The smallest absolute Gasteiger partial charge is 0.251 e. The summed E-state index contributed by atoms with van der Waals surface area (Å²) >= 11 is 0. The number of rotatable bonds is 4. The summed E-state index contributed by atoms with van der Waals surface area (Å²) in [6.07, 6.45) is 7.27. The Morgan fingerprint density at radius 2 is 1.73 bits per heavy atom. The summed E-state index contributed by atoms with van der Waals surface area (Å²) in [5.74, 6) is -0.951. The molecule has 3 amide bonds. The Balaban J connectivity index is 1.43. The van der Waals surface area contributed by atoms with Gasteiger partial charge < -0.3 is 10.1 Å². The Kier molecular flexibility index (Phi) is 4.59. The summed E-state index contributed by atoms with van der Waals surface area (Å²) in [6, 6.07) is 6.64. The molecule has 0 saturated carbocycles. The lowest BCUT2D eigenvalue weighted by atomic mass is 9.85.